The second kappa shape index (κ2) is 6.08. The molecule has 3 rings (SSSR count). The fourth-order valence-electron chi connectivity index (χ4n) is 2.81. The zero-order chi connectivity index (χ0) is 14.7. The van der Waals surface area contributed by atoms with Crippen LogP contribution in [0.3, 0.4) is 0 Å². The average molecular weight is 284 g/mol. The molecule has 1 aliphatic rings. The van der Waals surface area contributed by atoms with Crippen molar-refractivity contribution >= 4 is 0 Å². The molecule has 2 aromatic rings. The number of hydrogen-bond donors (Lipinski definition) is 0. The predicted molar refractivity (Wildman–Crippen MR) is 82.3 cm³/mol. The van der Waals surface area contributed by atoms with E-state index in [-0.39, 0.29) is 6.79 Å². The molecule has 0 saturated carbocycles. The maximum atomic E-state index is 5.83. The topological polar surface area (TPSA) is 27.7 Å². The highest BCUT2D eigenvalue weighted by atomic mass is 16.7. The van der Waals surface area contributed by atoms with Gasteiger partial charge >= 0.3 is 0 Å². The Bertz CT molecular complexity index is 607. The minimum absolute atomic E-state index is 0.284. The Balaban J connectivity index is 2.06. The molecule has 0 amide bonds. The Kier molecular flexibility index (Phi) is 4.00. The summed E-state index contributed by atoms with van der Waals surface area (Å²) in [4.78, 5) is 0. The van der Waals surface area contributed by atoms with Gasteiger partial charge in [0.15, 0.2) is 11.5 Å². The molecule has 1 heterocycles. The van der Waals surface area contributed by atoms with E-state index in [1.807, 2.05) is 19.1 Å². The van der Waals surface area contributed by atoms with Crippen LogP contribution in [0.5, 0.6) is 17.2 Å². The Morgan fingerprint density at radius 2 is 1.76 bits per heavy atom. The molecule has 0 radical (unpaired) electrons. The largest absolute Gasteiger partial charge is 0.493 e. The summed E-state index contributed by atoms with van der Waals surface area (Å²) in [5.41, 5.74) is 2.45. The zero-order valence-electron chi connectivity index (χ0n) is 12.5. The van der Waals surface area contributed by atoms with Crippen LogP contribution in [0.15, 0.2) is 42.5 Å². The van der Waals surface area contributed by atoms with Crippen molar-refractivity contribution < 1.29 is 14.2 Å². The summed E-state index contributed by atoms with van der Waals surface area (Å²) in [6.45, 7) is 5.11. The van der Waals surface area contributed by atoms with Crippen molar-refractivity contribution in [1.82, 2.24) is 0 Å². The van der Waals surface area contributed by atoms with Gasteiger partial charge in [-0.2, -0.15) is 0 Å². The fraction of sp³-hybridized carbons (Fsp3) is 0.333. The van der Waals surface area contributed by atoms with Crippen LogP contribution < -0.4 is 14.2 Å². The van der Waals surface area contributed by atoms with E-state index in [1.54, 1.807) is 0 Å². The van der Waals surface area contributed by atoms with Crippen LogP contribution >= 0.6 is 0 Å². The van der Waals surface area contributed by atoms with E-state index < -0.39 is 0 Å². The molecule has 1 unspecified atom stereocenters. The molecule has 3 nitrogen and oxygen atoms in total. The summed E-state index contributed by atoms with van der Waals surface area (Å²) in [5.74, 6) is 2.76. The lowest BCUT2D eigenvalue weighted by atomic mass is 9.88. The second-order valence-corrected chi connectivity index (χ2v) is 5.05. The lowest BCUT2D eigenvalue weighted by Crippen LogP contribution is -2.04. The number of benzene rings is 2. The quantitative estimate of drug-likeness (QED) is 0.816. The lowest BCUT2D eigenvalue weighted by molar-refractivity contribution is 0.173. The van der Waals surface area contributed by atoms with Gasteiger partial charge < -0.3 is 14.2 Å². The van der Waals surface area contributed by atoms with Gasteiger partial charge in [0.2, 0.25) is 6.79 Å². The lowest BCUT2D eigenvalue weighted by Gasteiger charge is -2.20. The van der Waals surface area contributed by atoms with Crippen LogP contribution in [0.1, 0.15) is 37.3 Å². The Morgan fingerprint density at radius 1 is 1.05 bits per heavy atom. The van der Waals surface area contributed by atoms with E-state index in [9.17, 15) is 0 Å². The monoisotopic (exact) mass is 284 g/mol. The van der Waals surface area contributed by atoms with Crippen LogP contribution in [-0.4, -0.2) is 13.4 Å². The molecule has 1 atom stereocenters. The molecule has 0 spiro atoms. The van der Waals surface area contributed by atoms with Crippen molar-refractivity contribution in [2.75, 3.05) is 13.4 Å². The molecular formula is C18H20O3. The summed E-state index contributed by atoms with van der Waals surface area (Å²) in [6.07, 6.45) is 1.00. The van der Waals surface area contributed by atoms with E-state index in [0.717, 1.165) is 29.2 Å². The summed E-state index contributed by atoms with van der Waals surface area (Å²) < 4.78 is 16.8. The van der Waals surface area contributed by atoms with Crippen molar-refractivity contribution in [3.63, 3.8) is 0 Å². The third-order valence-electron chi connectivity index (χ3n) is 3.79. The van der Waals surface area contributed by atoms with Crippen LogP contribution in [0.2, 0.25) is 0 Å². The highest BCUT2D eigenvalue weighted by molar-refractivity contribution is 5.54. The first-order chi connectivity index (χ1) is 10.3. The van der Waals surface area contributed by atoms with E-state index in [2.05, 4.69) is 37.3 Å². The van der Waals surface area contributed by atoms with Crippen LogP contribution in [0, 0.1) is 0 Å². The number of ether oxygens (including phenoxy) is 3. The molecule has 2 aromatic carbocycles. The first-order valence-corrected chi connectivity index (χ1v) is 7.44. The van der Waals surface area contributed by atoms with Crippen molar-refractivity contribution in [3.8, 4) is 17.2 Å². The third-order valence-corrected chi connectivity index (χ3v) is 3.79. The first kappa shape index (κ1) is 13.8. The molecule has 0 fully saturated rings. The van der Waals surface area contributed by atoms with Gasteiger partial charge in [-0.25, -0.2) is 0 Å². The summed E-state index contributed by atoms with van der Waals surface area (Å²) >= 11 is 0. The van der Waals surface area contributed by atoms with Gasteiger partial charge in [-0.15, -0.1) is 0 Å². The van der Waals surface area contributed by atoms with Crippen LogP contribution in [-0.2, 0) is 0 Å². The average Bonchev–Trinajstić information content (AvgIpc) is 2.97. The van der Waals surface area contributed by atoms with E-state index in [0.29, 0.717) is 12.5 Å². The van der Waals surface area contributed by atoms with E-state index in [4.69, 9.17) is 14.2 Å². The maximum absolute atomic E-state index is 5.83. The molecule has 0 bridgehead atoms. The van der Waals surface area contributed by atoms with E-state index >= 15 is 0 Å². The smallest absolute Gasteiger partial charge is 0.231 e. The summed E-state index contributed by atoms with van der Waals surface area (Å²) in [5, 5.41) is 0. The van der Waals surface area contributed by atoms with E-state index in [1.165, 1.54) is 5.56 Å². The van der Waals surface area contributed by atoms with Crippen molar-refractivity contribution in [2.45, 2.75) is 26.2 Å². The van der Waals surface area contributed by atoms with Crippen molar-refractivity contribution in [3.05, 3.63) is 53.6 Å². The molecule has 1 aliphatic heterocycles. The molecule has 0 aromatic heterocycles. The van der Waals surface area contributed by atoms with Crippen LogP contribution in [0.25, 0.3) is 0 Å². The standard InChI is InChI=1S/C18H20O3/c1-3-14(13-8-6-5-7-9-13)15-10-17-18(21-12-20-17)11-16(15)19-4-2/h5-11,14H,3-4,12H2,1-2H3. The minimum atomic E-state index is 0.284. The van der Waals surface area contributed by atoms with Crippen LogP contribution in [0.4, 0.5) is 0 Å². The highest BCUT2D eigenvalue weighted by Crippen LogP contribution is 2.43. The SMILES string of the molecule is CCOc1cc2c(cc1C(CC)c1ccccc1)OCO2. The van der Waals surface area contributed by atoms with Crippen molar-refractivity contribution in [2.24, 2.45) is 0 Å². The van der Waals surface area contributed by atoms with Gasteiger partial charge in [0, 0.05) is 17.5 Å². The molecule has 0 N–H and O–H groups in total. The first-order valence-electron chi connectivity index (χ1n) is 7.44. The van der Waals surface area contributed by atoms with Gasteiger partial charge in [-0.1, -0.05) is 37.3 Å². The molecule has 0 aliphatic carbocycles. The third kappa shape index (κ3) is 2.68. The van der Waals surface area contributed by atoms with Gasteiger partial charge in [0.1, 0.15) is 5.75 Å². The maximum Gasteiger partial charge on any atom is 0.231 e. The molecule has 21 heavy (non-hydrogen) atoms. The van der Waals surface area contributed by atoms with Gasteiger partial charge in [-0.05, 0) is 25.0 Å². The molecule has 110 valence electrons. The van der Waals surface area contributed by atoms with Crippen molar-refractivity contribution in [1.29, 1.82) is 0 Å². The normalized spacial score (nSPS) is 14.0. The zero-order valence-corrected chi connectivity index (χ0v) is 12.5. The number of rotatable bonds is 5. The Labute approximate surface area is 125 Å². The Hall–Kier alpha value is -2.16. The van der Waals surface area contributed by atoms with Gasteiger partial charge in [0.25, 0.3) is 0 Å². The summed E-state index contributed by atoms with van der Waals surface area (Å²) in [6, 6.07) is 14.5. The highest BCUT2D eigenvalue weighted by Gasteiger charge is 2.23. The minimum Gasteiger partial charge on any atom is -0.493 e. The second-order valence-electron chi connectivity index (χ2n) is 5.05. The fourth-order valence-corrected chi connectivity index (χ4v) is 2.81. The predicted octanol–water partition coefficient (Wildman–Crippen LogP) is 4.36. The molecular weight excluding hydrogens is 264 g/mol. The number of hydrogen-bond acceptors (Lipinski definition) is 3. The Morgan fingerprint density at radius 3 is 2.43 bits per heavy atom. The van der Waals surface area contributed by atoms with Gasteiger partial charge in [-0.3, -0.25) is 0 Å². The summed E-state index contributed by atoms with van der Waals surface area (Å²) in [7, 11) is 0. The number of fused-ring (bicyclic) bond motifs is 1. The molecule has 0 saturated heterocycles. The van der Waals surface area contributed by atoms with Gasteiger partial charge in [0.05, 0.1) is 6.61 Å². The molecule has 3 heteroatoms.